The van der Waals surface area contributed by atoms with Crippen LogP contribution in [-0.4, -0.2) is 91.8 Å². The number of nitrogens with two attached hydrogens (primary N) is 1. The first-order chi connectivity index (χ1) is 17.4. The molecule has 0 aliphatic rings. The van der Waals surface area contributed by atoms with Gasteiger partial charge in [-0.05, 0) is 11.6 Å². The van der Waals surface area contributed by atoms with Crippen molar-refractivity contribution in [2.45, 2.75) is 43.4 Å². The molecule has 2 aromatic rings. The third-order valence-corrected chi connectivity index (χ3v) is 5.27. The highest BCUT2D eigenvalue weighted by molar-refractivity contribution is 5.96. The number of aliphatic hydroxyl groups excluding tert-OH is 1. The second-order valence-corrected chi connectivity index (χ2v) is 8.07. The summed E-state index contributed by atoms with van der Waals surface area (Å²) in [5.74, 6) is -7.64. The largest absolute Gasteiger partial charge is 0.481 e. The highest BCUT2D eigenvalue weighted by atomic mass is 16.4. The predicted molar refractivity (Wildman–Crippen MR) is 125 cm³/mol. The first-order valence-corrected chi connectivity index (χ1v) is 10.9. The molecule has 0 spiro atoms. The molecule has 4 unspecified atom stereocenters. The molecule has 1 heterocycles. The van der Waals surface area contributed by atoms with Crippen LogP contribution in [0.3, 0.4) is 0 Å². The molecular formula is C22H27N5O10. The van der Waals surface area contributed by atoms with Gasteiger partial charge in [0.1, 0.15) is 18.1 Å². The summed E-state index contributed by atoms with van der Waals surface area (Å²) in [6.45, 7) is -0.991. The number of benzene rings is 1. The van der Waals surface area contributed by atoms with Crippen molar-refractivity contribution in [2.24, 2.45) is 5.73 Å². The Hall–Kier alpha value is -4.50. The number of nitrogens with one attached hydrogen (secondary N) is 4. The molecule has 0 saturated carbocycles. The molecule has 1 aromatic heterocycles. The minimum absolute atomic E-state index is 0.156. The fourth-order valence-electron chi connectivity index (χ4n) is 3.40. The van der Waals surface area contributed by atoms with Crippen LogP contribution >= 0.6 is 0 Å². The zero-order valence-electron chi connectivity index (χ0n) is 19.3. The number of aliphatic carboxylic acids is 3. The van der Waals surface area contributed by atoms with E-state index in [0.29, 0.717) is 10.9 Å². The quantitative estimate of drug-likeness (QED) is 0.126. The van der Waals surface area contributed by atoms with Gasteiger partial charge >= 0.3 is 17.9 Å². The van der Waals surface area contributed by atoms with E-state index in [2.05, 4.69) is 15.6 Å². The molecule has 4 atom stereocenters. The summed E-state index contributed by atoms with van der Waals surface area (Å²) < 4.78 is 0. The van der Waals surface area contributed by atoms with E-state index in [1.807, 2.05) is 5.32 Å². The van der Waals surface area contributed by atoms with Crippen LogP contribution in [0.5, 0.6) is 0 Å². The smallest absolute Gasteiger partial charge is 0.328 e. The Balaban J connectivity index is 2.31. The van der Waals surface area contributed by atoms with Crippen LogP contribution in [0.4, 0.5) is 0 Å². The van der Waals surface area contributed by atoms with Gasteiger partial charge in [-0.1, -0.05) is 18.2 Å². The van der Waals surface area contributed by atoms with Crippen molar-refractivity contribution >= 4 is 46.5 Å². The van der Waals surface area contributed by atoms with E-state index in [1.54, 1.807) is 30.5 Å². The number of aliphatic hydroxyl groups is 1. The topological polar surface area (TPSA) is 261 Å². The number of carboxylic acid groups (broad SMARTS) is 3. The molecule has 15 heteroatoms. The number of carboxylic acids is 3. The number of H-pyrrole nitrogens is 1. The Labute approximate surface area is 209 Å². The van der Waals surface area contributed by atoms with Gasteiger partial charge in [0.25, 0.3) is 0 Å². The average molecular weight is 521 g/mol. The fraction of sp³-hybridized carbons (Fsp3) is 0.364. The summed E-state index contributed by atoms with van der Waals surface area (Å²) in [6, 6.07) is 0.566. The fourth-order valence-corrected chi connectivity index (χ4v) is 3.40. The molecule has 0 saturated heterocycles. The number of fused-ring (bicyclic) bond motifs is 1. The highest BCUT2D eigenvalue weighted by Crippen LogP contribution is 2.19. The van der Waals surface area contributed by atoms with Gasteiger partial charge in [-0.2, -0.15) is 0 Å². The van der Waals surface area contributed by atoms with Crippen LogP contribution in [0.25, 0.3) is 10.9 Å². The first-order valence-electron chi connectivity index (χ1n) is 10.9. The number of aromatic amines is 1. The van der Waals surface area contributed by atoms with Gasteiger partial charge in [-0.25, -0.2) is 4.79 Å². The molecule has 2 rings (SSSR count). The third kappa shape index (κ3) is 8.29. The van der Waals surface area contributed by atoms with Crippen molar-refractivity contribution in [3.05, 3.63) is 36.0 Å². The molecule has 15 nitrogen and oxygen atoms in total. The Morgan fingerprint density at radius 2 is 1.38 bits per heavy atom. The Morgan fingerprint density at radius 3 is 1.97 bits per heavy atom. The molecule has 37 heavy (non-hydrogen) atoms. The van der Waals surface area contributed by atoms with Crippen molar-refractivity contribution in [1.82, 2.24) is 20.9 Å². The molecule has 0 radical (unpaired) electrons. The zero-order valence-corrected chi connectivity index (χ0v) is 19.3. The normalized spacial score (nSPS) is 14.1. The standard InChI is InChI=1S/C22H27N5O10/c23-12(6-17(29)30)19(33)25-14(5-10-8-24-13-4-2-1-3-11(10)13)20(34)26-15(7-18(31)32)21(35)27-16(9-28)22(36)37/h1-4,8,12,14-16,24,28H,5-7,9,23H2,(H,25,33)(H,26,34)(H,27,35)(H,29,30)(H,31,32)(H,36,37). The molecule has 0 aliphatic heterocycles. The van der Waals surface area contributed by atoms with Gasteiger partial charge in [0, 0.05) is 23.5 Å². The Kier molecular flexibility index (Phi) is 10.1. The lowest BCUT2D eigenvalue weighted by molar-refractivity contribution is -0.144. The predicted octanol–water partition coefficient (Wildman–Crippen LogP) is -2.48. The SMILES string of the molecule is NC(CC(=O)O)C(=O)NC(Cc1c[nH]c2ccccc12)C(=O)NC(CC(=O)O)C(=O)NC(CO)C(=O)O. The molecule has 0 aliphatic carbocycles. The van der Waals surface area contributed by atoms with Gasteiger partial charge in [-0.15, -0.1) is 0 Å². The maximum atomic E-state index is 13.1. The number of carbonyl (C=O) groups excluding carboxylic acids is 3. The lowest BCUT2D eigenvalue weighted by Gasteiger charge is -2.24. The molecule has 1 aromatic carbocycles. The Bertz CT molecular complexity index is 1180. The van der Waals surface area contributed by atoms with E-state index in [9.17, 15) is 28.8 Å². The average Bonchev–Trinajstić information content (AvgIpc) is 3.23. The minimum atomic E-state index is -1.77. The van der Waals surface area contributed by atoms with Gasteiger partial charge < -0.3 is 47.1 Å². The van der Waals surface area contributed by atoms with E-state index in [0.717, 1.165) is 5.52 Å². The van der Waals surface area contributed by atoms with Crippen LogP contribution in [0, 0.1) is 0 Å². The molecule has 0 fully saturated rings. The van der Waals surface area contributed by atoms with E-state index < -0.39 is 79.2 Å². The van der Waals surface area contributed by atoms with Gasteiger partial charge in [-0.3, -0.25) is 24.0 Å². The number of hydrogen-bond donors (Lipinski definition) is 9. The summed E-state index contributed by atoms with van der Waals surface area (Å²) in [5.41, 5.74) is 6.88. The van der Waals surface area contributed by atoms with Gasteiger partial charge in [0.2, 0.25) is 17.7 Å². The van der Waals surface area contributed by atoms with E-state index in [1.165, 1.54) is 0 Å². The molecular weight excluding hydrogens is 494 g/mol. The van der Waals surface area contributed by atoms with Crippen molar-refractivity contribution in [2.75, 3.05) is 6.61 Å². The second-order valence-electron chi connectivity index (χ2n) is 8.07. The van der Waals surface area contributed by atoms with E-state index >= 15 is 0 Å². The van der Waals surface area contributed by atoms with Gasteiger partial charge in [0.05, 0.1) is 25.5 Å². The second kappa shape index (κ2) is 13.0. The zero-order chi connectivity index (χ0) is 27.7. The molecule has 200 valence electrons. The van der Waals surface area contributed by atoms with E-state index in [-0.39, 0.29) is 6.42 Å². The van der Waals surface area contributed by atoms with Crippen LogP contribution in [0.2, 0.25) is 0 Å². The molecule has 3 amide bonds. The first kappa shape index (κ1) is 28.7. The van der Waals surface area contributed by atoms with Crippen LogP contribution in [0.15, 0.2) is 30.5 Å². The maximum Gasteiger partial charge on any atom is 0.328 e. The summed E-state index contributed by atoms with van der Waals surface area (Å²) in [6.07, 6.45) is -0.248. The lowest BCUT2D eigenvalue weighted by Crippen LogP contribution is -2.58. The number of para-hydroxylation sites is 1. The monoisotopic (exact) mass is 521 g/mol. The number of rotatable bonds is 14. The minimum Gasteiger partial charge on any atom is -0.481 e. The molecule has 0 bridgehead atoms. The third-order valence-electron chi connectivity index (χ3n) is 5.27. The van der Waals surface area contributed by atoms with Crippen LogP contribution in [0.1, 0.15) is 18.4 Å². The summed E-state index contributed by atoms with van der Waals surface area (Å²) in [5, 5.41) is 43.3. The van der Waals surface area contributed by atoms with E-state index in [4.69, 9.17) is 26.2 Å². The van der Waals surface area contributed by atoms with Crippen molar-refractivity contribution in [3.63, 3.8) is 0 Å². The van der Waals surface area contributed by atoms with Crippen molar-refractivity contribution in [1.29, 1.82) is 0 Å². The van der Waals surface area contributed by atoms with Crippen LogP contribution in [-0.2, 0) is 35.2 Å². The Morgan fingerprint density at radius 1 is 0.811 bits per heavy atom. The van der Waals surface area contributed by atoms with Crippen molar-refractivity contribution < 1.29 is 49.2 Å². The summed E-state index contributed by atoms with van der Waals surface area (Å²) >= 11 is 0. The maximum absolute atomic E-state index is 13.1. The van der Waals surface area contributed by atoms with Crippen LogP contribution < -0.4 is 21.7 Å². The number of amides is 3. The van der Waals surface area contributed by atoms with Crippen molar-refractivity contribution in [3.8, 4) is 0 Å². The molecule has 10 N–H and O–H groups in total. The highest BCUT2D eigenvalue weighted by Gasteiger charge is 2.32. The summed E-state index contributed by atoms with van der Waals surface area (Å²) in [7, 11) is 0. The van der Waals surface area contributed by atoms with Gasteiger partial charge in [0.15, 0.2) is 0 Å². The lowest BCUT2D eigenvalue weighted by atomic mass is 10.0. The number of hydrogen-bond acceptors (Lipinski definition) is 8. The summed E-state index contributed by atoms with van der Waals surface area (Å²) in [4.78, 5) is 74.4. The number of carbonyl (C=O) groups is 6. The number of aromatic nitrogens is 1.